The Balaban J connectivity index is 1.26. The topological polar surface area (TPSA) is 102 Å². The smallest absolute Gasteiger partial charge is 0.253 e. The highest BCUT2D eigenvalue weighted by Gasteiger charge is 2.33. The standard InChI is InChI=1S/C33H30N6O3S2/c1-22-14-16-23(17-15-22)27-19-25(29-13-8-18-43-29)37-39(27)31(40)21-44-33-36-35-30(20-34-32(41)24-9-4-3-5-10-24)38(33)26-11-6-7-12-28(26)42-2/h3-18,27H,19-21H2,1-2H3,(H,34,41)/t27-/m0/s1. The van der Waals surface area contributed by atoms with Crippen molar-refractivity contribution in [2.24, 2.45) is 5.10 Å². The van der Waals surface area contributed by atoms with E-state index < -0.39 is 0 Å². The van der Waals surface area contributed by atoms with E-state index in [1.165, 1.54) is 11.8 Å². The van der Waals surface area contributed by atoms with Crippen LogP contribution in [-0.2, 0) is 11.3 Å². The van der Waals surface area contributed by atoms with Gasteiger partial charge in [-0.1, -0.05) is 78.0 Å². The van der Waals surface area contributed by atoms with Gasteiger partial charge in [-0.3, -0.25) is 14.2 Å². The zero-order chi connectivity index (χ0) is 30.5. The maximum Gasteiger partial charge on any atom is 0.253 e. The summed E-state index contributed by atoms with van der Waals surface area (Å²) in [5, 5.41) is 20.7. The van der Waals surface area contributed by atoms with Crippen LogP contribution in [0.15, 0.2) is 107 Å². The SMILES string of the molecule is COc1ccccc1-n1c(CNC(=O)c2ccccc2)nnc1SCC(=O)N1N=C(c2cccs2)C[C@H]1c1ccc(C)cc1. The van der Waals surface area contributed by atoms with Crippen molar-refractivity contribution in [3.8, 4) is 11.4 Å². The summed E-state index contributed by atoms with van der Waals surface area (Å²) in [6.45, 7) is 2.17. The Bertz CT molecular complexity index is 1790. The van der Waals surface area contributed by atoms with Gasteiger partial charge in [0.15, 0.2) is 11.0 Å². The van der Waals surface area contributed by atoms with Crippen molar-refractivity contribution in [3.05, 3.63) is 124 Å². The molecule has 9 nitrogen and oxygen atoms in total. The highest BCUT2D eigenvalue weighted by atomic mass is 32.2. The predicted octanol–water partition coefficient (Wildman–Crippen LogP) is 6.05. The molecule has 0 radical (unpaired) electrons. The molecule has 1 aliphatic heterocycles. The number of benzene rings is 3. The molecule has 2 aromatic heterocycles. The largest absolute Gasteiger partial charge is 0.495 e. The van der Waals surface area contributed by atoms with Gasteiger partial charge in [0, 0.05) is 12.0 Å². The van der Waals surface area contributed by atoms with Crippen LogP contribution >= 0.6 is 23.1 Å². The van der Waals surface area contributed by atoms with E-state index in [1.54, 1.807) is 35.6 Å². The number of methoxy groups -OCH3 is 1. The Hall–Kier alpha value is -4.74. The number of amides is 2. The van der Waals surface area contributed by atoms with Crippen LogP contribution in [0, 0.1) is 6.92 Å². The number of ether oxygens (including phenoxy) is 1. The van der Waals surface area contributed by atoms with Crippen molar-refractivity contribution in [2.45, 2.75) is 31.1 Å². The van der Waals surface area contributed by atoms with Crippen molar-refractivity contribution in [2.75, 3.05) is 12.9 Å². The van der Waals surface area contributed by atoms with Gasteiger partial charge >= 0.3 is 0 Å². The van der Waals surface area contributed by atoms with E-state index in [-0.39, 0.29) is 30.2 Å². The van der Waals surface area contributed by atoms with Crippen LogP contribution in [-0.4, -0.2) is 50.2 Å². The third kappa shape index (κ3) is 6.29. The first kappa shape index (κ1) is 29.3. The summed E-state index contributed by atoms with van der Waals surface area (Å²) in [5.74, 6) is 0.847. The molecule has 1 atom stereocenters. The number of nitrogens with one attached hydrogen (secondary N) is 1. The van der Waals surface area contributed by atoms with E-state index in [4.69, 9.17) is 9.84 Å². The normalized spacial score (nSPS) is 14.4. The summed E-state index contributed by atoms with van der Waals surface area (Å²) in [4.78, 5) is 27.6. The second-order valence-electron chi connectivity index (χ2n) is 10.1. The molecular weight excluding hydrogens is 593 g/mol. The molecule has 0 saturated carbocycles. The maximum absolute atomic E-state index is 13.8. The molecule has 0 spiro atoms. The first-order valence-electron chi connectivity index (χ1n) is 14.1. The van der Waals surface area contributed by atoms with Gasteiger partial charge in [0.05, 0.1) is 41.7 Å². The highest BCUT2D eigenvalue weighted by molar-refractivity contribution is 7.99. The Morgan fingerprint density at radius 3 is 2.50 bits per heavy atom. The van der Waals surface area contributed by atoms with Gasteiger partial charge < -0.3 is 10.1 Å². The van der Waals surface area contributed by atoms with Crippen LogP contribution in [0.5, 0.6) is 5.75 Å². The maximum atomic E-state index is 13.8. The number of hydrogen-bond donors (Lipinski definition) is 1. The summed E-state index contributed by atoms with van der Waals surface area (Å²) in [6.07, 6.45) is 0.642. The van der Waals surface area contributed by atoms with Gasteiger partial charge in [-0.2, -0.15) is 5.10 Å². The zero-order valence-electron chi connectivity index (χ0n) is 24.2. The van der Waals surface area contributed by atoms with E-state index in [1.807, 2.05) is 71.5 Å². The van der Waals surface area contributed by atoms with Crippen molar-refractivity contribution >= 4 is 40.6 Å². The predicted molar refractivity (Wildman–Crippen MR) is 172 cm³/mol. The molecule has 44 heavy (non-hydrogen) atoms. The Kier molecular flexibility index (Phi) is 8.85. The summed E-state index contributed by atoms with van der Waals surface area (Å²) in [7, 11) is 1.60. The molecule has 1 N–H and O–H groups in total. The zero-order valence-corrected chi connectivity index (χ0v) is 25.8. The number of hydrazone groups is 1. The number of aryl methyl sites for hydroxylation is 1. The third-order valence-corrected chi connectivity index (χ3v) is 9.06. The molecule has 0 bridgehead atoms. The molecule has 0 unspecified atom stereocenters. The number of thioether (sulfide) groups is 1. The Morgan fingerprint density at radius 1 is 0.977 bits per heavy atom. The number of carbonyl (C=O) groups is 2. The minimum atomic E-state index is -0.222. The average Bonchev–Trinajstić information content (AvgIpc) is 3.83. The van der Waals surface area contributed by atoms with Gasteiger partial charge in [-0.15, -0.1) is 21.5 Å². The lowest BCUT2D eigenvalue weighted by molar-refractivity contribution is -0.130. The molecule has 11 heteroatoms. The lowest BCUT2D eigenvalue weighted by atomic mass is 10.00. The minimum Gasteiger partial charge on any atom is -0.495 e. The van der Waals surface area contributed by atoms with Crippen LogP contribution < -0.4 is 10.1 Å². The molecule has 222 valence electrons. The summed E-state index contributed by atoms with van der Waals surface area (Å²) >= 11 is 2.89. The summed E-state index contributed by atoms with van der Waals surface area (Å²) in [5.41, 5.74) is 4.35. The first-order chi connectivity index (χ1) is 21.5. The van der Waals surface area contributed by atoms with Gasteiger partial charge in [0.25, 0.3) is 11.8 Å². The lowest BCUT2D eigenvalue weighted by Gasteiger charge is -2.22. The monoisotopic (exact) mass is 622 g/mol. The number of hydrogen-bond acceptors (Lipinski definition) is 8. The molecule has 3 heterocycles. The van der Waals surface area contributed by atoms with Crippen LogP contribution in [0.2, 0.25) is 0 Å². The highest BCUT2D eigenvalue weighted by Crippen LogP contribution is 2.35. The fourth-order valence-electron chi connectivity index (χ4n) is 4.99. The molecule has 6 rings (SSSR count). The van der Waals surface area contributed by atoms with Gasteiger partial charge in [-0.05, 0) is 48.2 Å². The summed E-state index contributed by atoms with van der Waals surface area (Å²) < 4.78 is 7.46. The number of carbonyl (C=O) groups excluding carboxylic acids is 2. The molecule has 0 fully saturated rings. The molecule has 0 saturated heterocycles. The van der Waals surface area contributed by atoms with E-state index in [9.17, 15) is 9.59 Å². The van der Waals surface area contributed by atoms with Crippen LogP contribution in [0.3, 0.4) is 0 Å². The Morgan fingerprint density at radius 2 is 1.75 bits per heavy atom. The van der Waals surface area contributed by atoms with Crippen LogP contribution in [0.25, 0.3) is 5.69 Å². The summed E-state index contributed by atoms with van der Waals surface area (Å²) in [6, 6.07) is 28.6. The Labute approximate surface area is 263 Å². The lowest BCUT2D eigenvalue weighted by Crippen LogP contribution is -2.28. The van der Waals surface area contributed by atoms with Crippen molar-refractivity contribution in [1.82, 2.24) is 25.1 Å². The fourth-order valence-corrected chi connectivity index (χ4v) is 6.53. The van der Waals surface area contributed by atoms with Gasteiger partial charge in [-0.25, -0.2) is 5.01 Å². The van der Waals surface area contributed by atoms with E-state index in [0.717, 1.165) is 21.7 Å². The van der Waals surface area contributed by atoms with E-state index >= 15 is 0 Å². The molecule has 2 amide bonds. The first-order valence-corrected chi connectivity index (χ1v) is 15.9. The van der Waals surface area contributed by atoms with Gasteiger partial charge in [0.1, 0.15) is 5.75 Å². The van der Waals surface area contributed by atoms with E-state index in [2.05, 4.69) is 39.8 Å². The molecule has 1 aliphatic rings. The second-order valence-corrected chi connectivity index (χ2v) is 12.0. The molecule has 0 aliphatic carbocycles. The van der Waals surface area contributed by atoms with Gasteiger partial charge in [0.2, 0.25) is 0 Å². The number of nitrogens with zero attached hydrogens (tertiary/aromatic N) is 5. The molecular formula is C33H30N6O3S2. The van der Waals surface area contributed by atoms with Crippen molar-refractivity contribution < 1.29 is 14.3 Å². The van der Waals surface area contributed by atoms with E-state index in [0.29, 0.717) is 34.4 Å². The minimum absolute atomic E-state index is 0.0905. The average molecular weight is 623 g/mol. The second kappa shape index (κ2) is 13.3. The van der Waals surface area contributed by atoms with Crippen molar-refractivity contribution in [1.29, 1.82) is 0 Å². The van der Waals surface area contributed by atoms with Crippen molar-refractivity contribution in [3.63, 3.8) is 0 Å². The molecule has 3 aromatic carbocycles. The number of thiophene rings is 1. The number of aromatic nitrogens is 3. The van der Waals surface area contributed by atoms with Crippen LogP contribution in [0.1, 0.15) is 44.6 Å². The fraction of sp³-hybridized carbons (Fsp3) is 0.182. The number of rotatable bonds is 10. The quantitative estimate of drug-likeness (QED) is 0.191. The molecule has 5 aromatic rings. The number of para-hydroxylation sites is 2. The third-order valence-electron chi connectivity index (χ3n) is 7.23. The van der Waals surface area contributed by atoms with Crippen LogP contribution in [0.4, 0.5) is 0 Å².